The number of ether oxygens (including phenoxy) is 1. The first-order valence-corrected chi connectivity index (χ1v) is 9.96. The van der Waals surface area contributed by atoms with E-state index in [-0.39, 0.29) is 12.5 Å². The summed E-state index contributed by atoms with van der Waals surface area (Å²) in [6.07, 6.45) is 0. The van der Waals surface area contributed by atoms with Crippen molar-refractivity contribution in [2.45, 2.75) is 20.0 Å². The number of rotatable bonds is 8. The van der Waals surface area contributed by atoms with Gasteiger partial charge in [0.2, 0.25) is 0 Å². The fraction of sp³-hybridized carbons (Fsp3) is 0.304. The lowest BCUT2D eigenvalue weighted by molar-refractivity contribution is -0.122. The number of furan rings is 1. The van der Waals surface area contributed by atoms with Gasteiger partial charge in [0.1, 0.15) is 17.1 Å². The first-order chi connectivity index (χ1) is 14.6. The molecule has 0 radical (unpaired) electrons. The predicted octanol–water partition coefficient (Wildman–Crippen LogP) is 3.16. The number of carbonyl (C=O) groups is 1. The number of likely N-dealkylation sites (N-methyl/N-ethyl adjacent to an activating group) is 1. The van der Waals surface area contributed by atoms with Crippen molar-refractivity contribution >= 4 is 22.8 Å². The third kappa shape index (κ3) is 5.76. The van der Waals surface area contributed by atoms with E-state index in [4.69, 9.17) is 9.15 Å². The van der Waals surface area contributed by atoms with Crippen LogP contribution >= 0.6 is 0 Å². The van der Waals surface area contributed by atoms with Gasteiger partial charge in [-0.3, -0.25) is 9.79 Å². The topological polar surface area (TPSA) is 79.1 Å². The minimum absolute atomic E-state index is 0.00658. The Morgan fingerprint density at radius 1 is 1.13 bits per heavy atom. The summed E-state index contributed by atoms with van der Waals surface area (Å²) in [6, 6.07) is 17.7. The molecule has 2 N–H and O–H groups in total. The number of hydrogen-bond donors (Lipinski definition) is 2. The van der Waals surface area contributed by atoms with Gasteiger partial charge >= 0.3 is 0 Å². The molecule has 0 unspecified atom stereocenters. The molecule has 0 aliphatic rings. The molecule has 7 nitrogen and oxygen atoms in total. The van der Waals surface area contributed by atoms with Crippen molar-refractivity contribution in [2.24, 2.45) is 4.99 Å². The van der Waals surface area contributed by atoms with Crippen LogP contribution in [-0.2, 0) is 17.9 Å². The quantitative estimate of drug-likeness (QED) is 0.442. The number of carbonyl (C=O) groups excluding carboxylic acids is 1. The van der Waals surface area contributed by atoms with E-state index in [9.17, 15) is 4.79 Å². The molecular weight excluding hydrogens is 380 g/mol. The van der Waals surface area contributed by atoms with Crippen LogP contribution in [0.25, 0.3) is 11.0 Å². The van der Waals surface area contributed by atoms with Crippen LogP contribution in [0.2, 0.25) is 0 Å². The van der Waals surface area contributed by atoms with Gasteiger partial charge in [-0.25, -0.2) is 0 Å². The predicted molar refractivity (Wildman–Crippen MR) is 119 cm³/mol. The van der Waals surface area contributed by atoms with E-state index in [1.807, 2.05) is 67.4 Å². The highest BCUT2D eigenvalue weighted by Crippen LogP contribution is 2.19. The van der Waals surface area contributed by atoms with Gasteiger partial charge in [-0.05, 0) is 36.8 Å². The van der Waals surface area contributed by atoms with Crippen LogP contribution in [0.3, 0.4) is 0 Å². The molecule has 1 heterocycles. The number of fused-ring (bicyclic) bond motifs is 1. The summed E-state index contributed by atoms with van der Waals surface area (Å²) in [7, 11) is 3.72. The Kier molecular flexibility index (Phi) is 7.32. The van der Waals surface area contributed by atoms with Gasteiger partial charge in [-0.15, -0.1) is 0 Å². The fourth-order valence-electron chi connectivity index (χ4n) is 3.13. The SMILES string of the molecule is CCNC(=O)COc1cccc(CNC(=NC)N(C)Cc2cc3ccccc3o2)c1. The van der Waals surface area contributed by atoms with E-state index in [1.54, 1.807) is 7.05 Å². The monoisotopic (exact) mass is 408 g/mol. The minimum atomic E-state index is -0.131. The molecule has 0 fully saturated rings. The van der Waals surface area contributed by atoms with Gasteiger partial charge < -0.3 is 24.7 Å². The summed E-state index contributed by atoms with van der Waals surface area (Å²) in [4.78, 5) is 17.9. The van der Waals surface area contributed by atoms with Gasteiger partial charge in [0.15, 0.2) is 12.6 Å². The number of hydrogen-bond acceptors (Lipinski definition) is 4. The molecule has 3 aromatic rings. The van der Waals surface area contributed by atoms with Crippen molar-refractivity contribution in [1.82, 2.24) is 15.5 Å². The smallest absolute Gasteiger partial charge is 0.257 e. The molecule has 0 aliphatic heterocycles. The Morgan fingerprint density at radius 2 is 1.97 bits per heavy atom. The van der Waals surface area contributed by atoms with Crippen molar-refractivity contribution in [3.63, 3.8) is 0 Å². The normalized spacial score (nSPS) is 11.4. The van der Waals surface area contributed by atoms with Gasteiger partial charge in [0, 0.05) is 32.6 Å². The number of nitrogens with zero attached hydrogens (tertiary/aromatic N) is 2. The van der Waals surface area contributed by atoms with Crippen molar-refractivity contribution in [1.29, 1.82) is 0 Å². The lowest BCUT2D eigenvalue weighted by atomic mass is 10.2. The molecule has 1 aromatic heterocycles. The molecule has 0 aliphatic carbocycles. The summed E-state index contributed by atoms with van der Waals surface area (Å²) in [6.45, 7) is 3.65. The number of para-hydroxylation sites is 1. The standard InChI is InChI=1S/C23H28N4O3/c1-4-25-22(28)16-29-19-10-7-8-17(12-19)14-26-23(24-2)27(3)15-20-13-18-9-5-6-11-21(18)30-20/h5-13H,4,14-16H2,1-3H3,(H,24,26)(H,25,28). The molecule has 0 saturated carbocycles. The molecule has 0 saturated heterocycles. The Hall–Kier alpha value is -3.48. The fourth-order valence-corrected chi connectivity index (χ4v) is 3.13. The summed E-state index contributed by atoms with van der Waals surface area (Å²) in [5.41, 5.74) is 1.91. The third-order valence-electron chi connectivity index (χ3n) is 4.54. The van der Waals surface area contributed by atoms with Crippen LogP contribution in [0, 0.1) is 0 Å². The summed E-state index contributed by atoms with van der Waals surface area (Å²) in [5, 5.41) is 7.16. The maximum Gasteiger partial charge on any atom is 0.257 e. The molecule has 30 heavy (non-hydrogen) atoms. The first kappa shape index (κ1) is 21.2. The van der Waals surface area contributed by atoms with Crippen LogP contribution < -0.4 is 15.4 Å². The summed E-state index contributed by atoms with van der Waals surface area (Å²) < 4.78 is 11.5. The zero-order valence-electron chi connectivity index (χ0n) is 17.6. The van der Waals surface area contributed by atoms with Gasteiger partial charge in [-0.1, -0.05) is 30.3 Å². The van der Waals surface area contributed by atoms with Gasteiger partial charge in [-0.2, -0.15) is 0 Å². The Labute approximate surface area is 176 Å². The number of guanidine groups is 1. The van der Waals surface area contributed by atoms with Crippen molar-refractivity contribution in [3.8, 4) is 5.75 Å². The molecule has 2 aromatic carbocycles. The average molecular weight is 409 g/mol. The van der Waals surface area contributed by atoms with Gasteiger partial charge in [0.25, 0.3) is 5.91 Å². The minimum Gasteiger partial charge on any atom is -0.484 e. The van der Waals surface area contributed by atoms with E-state index < -0.39 is 0 Å². The maximum atomic E-state index is 11.6. The lowest BCUT2D eigenvalue weighted by Gasteiger charge is -2.21. The average Bonchev–Trinajstić information content (AvgIpc) is 3.15. The van der Waals surface area contributed by atoms with Crippen LogP contribution in [0.4, 0.5) is 0 Å². The molecular formula is C23H28N4O3. The third-order valence-corrected chi connectivity index (χ3v) is 4.54. The highest BCUT2D eigenvalue weighted by Gasteiger charge is 2.10. The molecule has 0 spiro atoms. The van der Waals surface area contributed by atoms with Gasteiger partial charge in [0.05, 0.1) is 6.54 Å². The molecule has 7 heteroatoms. The largest absolute Gasteiger partial charge is 0.484 e. The molecule has 0 bridgehead atoms. The highest BCUT2D eigenvalue weighted by molar-refractivity contribution is 5.80. The number of nitrogens with one attached hydrogen (secondary N) is 2. The second-order valence-electron chi connectivity index (χ2n) is 6.90. The van der Waals surface area contributed by atoms with E-state index >= 15 is 0 Å². The second kappa shape index (κ2) is 10.3. The van der Waals surface area contributed by atoms with Crippen molar-refractivity contribution in [2.75, 3.05) is 27.2 Å². The van der Waals surface area contributed by atoms with Crippen LogP contribution in [0.5, 0.6) is 5.75 Å². The maximum absolute atomic E-state index is 11.6. The molecule has 0 atom stereocenters. The first-order valence-electron chi connectivity index (χ1n) is 9.96. The molecule has 158 valence electrons. The van der Waals surface area contributed by atoms with E-state index in [0.29, 0.717) is 25.4 Å². The van der Waals surface area contributed by atoms with E-state index in [0.717, 1.165) is 28.3 Å². The summed E-state index contributed by atoms with van der Waals surface area (Å²) in [5.74, 6) is 2.16. The van der Waals surface area contributed by atoms with Crippen molar-refractivity contribution < 1.29 is 13.9 Å². The lowest BCUT2D eigenvalue weighted by Crippen LogP contribution is -2.37. The Bertz CT molecular complexity index is 979. The second-order valence-corrected chi connectivity index (χ2v) is 6.90. The number of aliphatic imine (C=N–C) groups is 1. The zero-order valence-corrected chi connectivity index (χ0v) is 17.6. The van der Waals surface area contributed by atoms with Crippen LogP contribution in [0.15, 0.2) is 64.0 Å². The number of benzene rings is 2. The molecule has 1 amide bonds. The zero-order chi connectivity index (χ0) is 21.3. The number of amides is 1. The van der Waals surface area contributed by atoms with E-state index in [1.165, 1.54) is 0 Å². The summed E-state index contributed by atoms with van der Waals surface area (Å²) >= 11 is 0. The Morgan fingerprint density at radius 3 is 2.73 bits per heavy atom. The Balaban J connectivity index is 1.55. The highest BCUT2D eigenvalue weighted by atomic mass is 16.5. The van der Waals surface area contributed by atoms with E-state index in [2.05, 4.69) is 21.7 Å². The molecule has 3 rings (SSSR count). The van der Waals surface area contributed by atoms with Crippen molar-refractivity contribution in [3.05, 3.63) is 65.9 Å². The van der Waals surface area contributed by atoms with Crippen LogP contribution in [-0.4, -0.2) is 44.0 Å². The van der Waals surface area contributed by atoms with Crippen LogP contribution in [0.1, 0.15) is 18.2 Å².